The fourth-order valence-electron chi connectivity index (χ4n) is 7.21. The van der Waals surface area contributed by atoms with Gasteiger partial charge in [-0.15, -0.1) is 11.3 Å². The van der Waals surface area contributed by atoms with Crippen molar-refractivity contribution in [3.63, 3.8) is 0 Å². The van der Waals surface area contributed by atoms with E-state index in [1.54, 1.807) is 0 Å². The van der Waals surface area contributed by atoms with Crippen molar-refractivity contribution in [2.45, 2.75) is 0 Å². The highest BCUT2D eigenvalue weighted by Gasteiger charge is 2.20. The summed E-state index contributed by atoms with van der Waals surface area (Å²) in [5, 5.41) is 7.53. The molecule has 3 heterocycles. The third-order valence-corrected chi connectivity index (χ3v) is 10.6. The van der Waals surface area contributed by atoms with Crippen LogP contribution in [0.25, 0.3) is 92.3 Å². The summed E-state index contributed by atoms with van der Waals surface area (Å²) in [6.07, 6.45) is 0. The zero-order valence-electron chi connectivity index (χ0n) is 25.8. The molecule has 0 saturated heterocycles. The van der Waals surface area contributed by atoms with Crippen LogP contribution in [0.3, 0.4) is 0 Å². The summed E-state index contributed by atoms with van der Waals surface area (Å²) in [6, 6.07) is 58.3. The largest absolute Gasteiger partial charge is 0.309 e. The lowest BCUT2D eigenvalue weighted by Gasteiger charge is -2.14. The van der Waals surface area contributed by atoms with E-state index in [-0.39, 0.29) is 0 Å². The van der Waals surface area contributed by atoms with Crippen molar-refractivity contribution in [1.82, 2.24) is 14.5 Å². The van der Waals surface area contributed by atoms with Crippen molar-refractivity contribution in [3.05, 3.63) is 164 Å². The second-order valence-electron chi connectivity index (χ2n) is 12.2. The van der Waals surface area contributed by atoms with Gasteiger partial charge >= 0.3 is 0 Å². The number of thiophene rings is 1. The molecule has 10 aromatic rings. The average molecular weight is 630 g/mol. The molecule has 0 radical (unpaired) electrons. The van der Waals surface area contributed by atoms with Gasteiger partial charge in [-0.25, -0.2) is 9.97 Å². The SMILES string of the molecule is c1ccc(-c2cc(-c3cc(-n4c5ccccc5c5c6ccccc6ccc54)cc4c3sc3ccccc34)nc(-c3ccccc3)n2)cc1. The Balaban J connectivity index is 1.32. The Morgan fingerprint density at radius 3 is 1.96 bits per heavy atom. The molecular formula is C44H27N3S. The minimum absolute atomic E-state index is 0.718. The molecular weight excluding hydrogens is 603 g/mol. The van der Waals surface area contributed by atoms with E-state index < -0.39 is 0 Å². The predicted molar refractivity (Wildman–Crippen MR) is 203 cm³/mol. The van der Waals surface area contributed by atoms with Crippen molar-refractivity contribution >= 4 is 64.1 Å². The Kier molecular flexibility index (Phi) is 6.05. The molecule has 0 bridgehead atoms. The van der Waals surface area contributed by atoms with E-state index in [2.05, 4.69) is 144 Å². The Morgan fingerprint density at radius 1 is 0.458 bits per heavy atom. The van der Waals surface area contributed by atoms with Gasteiger partial charge in [0.15, 0.2) is 5.82 Å². The third-order valence-electron chi connectivity index (χ3n) is 9.39. The molecule has 0 aliphatic carbocycles. The van der Waals surface area contributed by atoms with E-state index in [1.807, 2.05) is 35.6 Å². The fraction of sp³-hybridized carbons (Fsp3) is 0. The summed E-state index contributed by atoms with van der Waals surface area (Å²) in [5.74, 6) is 0.718. The van der Waals surface area contributed by atoms with Crippen LogP contribution in [0, 0.1) is 0 Å². The number of hydrogen-bond acceptors (Lipinski definition) is 3. The Labute approximate surface area is 281 Å². The first kappa shape index (κ1) is 27.1. The van der Waals surface area contributed by atoms with Gasteiger partial charge in [-0.05, 0) is 47.2 Å². The van der Waals surface area contributed by atoms with Gasteiger partial charge in [-0.1, -0.05) is 127 Å². The Morgan fingerprint density at radius 2 is 1.12 bits per heavy atom. The van der Waals surface area contributed by atoms with E-state index in [0.29, 0.717) is 0 Å². The highest BCUT2D eigenvalue weighted by molar-refractivity contribution is 7.26. The van der Waals surface area contributed by atoms with E-state index in [0.717, 1.165) is 39.6 Å². The second kappa shape index (κ2) is 10.7. The minimum Gasteiger partial charge on any atom is -0.309 e. The lowest BCUT2D eigenvalue weighted by molar-refractivity contribution is 1.17. The van der Waals surface area contributed by atoms with Crippen molar-refractivity contribution in [3.8, 4) is 39.6 Å². The maximum absolute atomic E-state index is 5.29. The van der Waals surface area contributed by atoms with E-state index in [4.69, 9.17) is 9.97 Å². The van der Waals surface area contributed by atoms with E-state index in [9.17, 15) is 0 Å². The molecule has 3 nitrogen and oxygen atoms in total. The number of hydrogen-bond donors (Lipinski definition) is 0. The maximum Gasteiger partial charge on any atom is 0.160 e. The van der Waals surface area contributed by atoms with Crippen LogP contribution in [0.5, 0.6) is 0 Å². The van der Waals surface area contributed by atoms with Gasteiger partial charge < -0.3 is 4.57 Å². The normalized spacial score (nSPS) is 11.8. The van der Waals surface area contributed by atoms with Crippen LogP contribution in [-0.2, 0) is 0 Å². The fourth-order valence-corrected chi connectivity index (χ4v) is 8.41. The van der Waals surface area contributed by atoms with Crippen molar-refractivity contribution in [1.29, 1.82) is 0 Å². The number of nitrogens with zero attached hydrogens (tertiary/aromatic N) is 3. The summed E-state index contributed by atoms with van der Waals surface area (Å²) in [5.41, 5.74) is 8.47. The molecule has 0 fully saturated rings. The van der Waals surface area contributed by atoms with Crippen LogP contribution >= 0.6 is 11.3 Å². The number of benzene rings is 7. The van der Waals surface area contributed by atoms with Crippen molar-refractivity contribution < 1.29 is 0 Å². The molecule has 48 heavy (non-hydrogen) atoms. The summed E-state index contributed by atoms with van der Waals surface area (Å²) < 4.78 is 4.92. The first-order valence-electron chi connectivity index (χ1n) is 16.2. The monoisotopic (exact) mass is 629 g/mol. The minimum atomic E-state index is 0.718. The molecule has 10 rings (SSSR count). The van der Waals surface area contributed by atoms with Crippen LogP contribution < -0.4 is 0 Å². The van der Waals surface area contributed by atoms with Gasteiger partial charge in [0.2, 0.25) is 0 Å². The number of rotatable bonds is 4. The summed E-state index contributed by atoms with van der Waals surface area (Å²) in [4.78, 5) is 10.4. The van der Waals surface area contributed by atoms with Crippen molar-refractivity contribution in [2.75, 3.05) is 0 Å². The van der Waals surface area contributed by atoms with Crippen LogP contribution in [0.2, 0.25) is 0 Å². The lowest BCUT2D eigenvalue weighted by atomic mass is 10.0. The lowest BCUT2D eigenvalue weighted by Crippen LogP contribution is -1.98. The standard InChI is InChI=1S/C44H27N3S/c1-3-14-29(15-4-1)37-27-38(46-44(45-37)30-16-5-2-6-17-30)36-26-31(25-35-33-19-10-12-22-41(33)48-43(35)36)47-39-21-11-9-20-34(39)42-32-18-8-7-13-28(32)23-24-40(42)47/h1-27H. The molecule has 224 valence electrons. The zero-order chi connectivity index (χ0) is 31.6. The molecule has 0 aliphatic heterocycles. The summed E-state index contributed by atoms with van der Waals surface area (Å²) in [6.45, 7) is 0. The Bertz CT molecular complexity index is 2770. The van der Waals surface area contributed by atoms with Gasteiger partial charge in [-0.2, -0.15) is 0 Å². The summed E-state index contributed by atoms with van der Waals surface area (Å²) in [7, 11) is 0. The molecule has 0 saturated carbocycles. The van der Waals surface area contributed by atoms with Gasteiger partial charge in [0.1, 0.15) is 0 Å². The van der Waals surface area contributed by atoms with E-state index >= 15 is 0 Å². The molecule has 0 spiro atoms. The molecule has 4 heteroatoms. The topological polar surface area (TPSA) is 30.7 Å². The highest BCUT2D eigenvalue weighted by atomic mass is 32.1. The smallest absolute Gasteiger partial charge is 0.160 e. The number of para-hydroxylation sites is 1. The number of aromatic nitrogens is 3. The number of fused-ring (bicyclic) bond motifs is 8. The molecule has 0 aliphatic rings. The molecule has 7 aromatic carbocycles. The van der Waals surface area contributed by atoms with Gasteiger partial charge in [0.25, 0.3) is 0 Å². The van der Waals surface area contributed by atoms with E-state index in [1.165, 1.54) is 52.8 Å². The quantitative estimate of drug-likeness (QED) is 0.194. The van der Waals surface area contributed by atoms with Crippen molar-refractivity contribution in [2.24, 2.45) is 0 Å². The molecule has 0 atom stereocenters. The van der Waals surface area contributed by atoms with Crippen LogP contribution in [0.4, 0.5) is 0 Å². The predicted octanol–water partition coefficient (Wildman–Crippen LogP) is 12.1. The zero-order valence-corrected chi connectivity index (χ0v) is 26.7. The first-order chi connectivity index (χ1) is 23.8. The van der Waals surface area contributed by atoms with Crippen LogP contribution in [-0.4, -0.2) is 14.5 Å². The molecule has 0 N–H and O–H groups in total. The average Bonchev–Trinajstić information content (AvgIpc) is 3.71. The van der Waals surface area contributed by atoms with Gasteiger partial charge in [-0.3, -0.25) is 0 Å². The highest BCUT2D eigenvalue weighted by Crippen LogP contribution is 2.44. The first-order valence-corrected chi connectivity index (χ1v) is 17.0. The maximum atomic E-state index is 5.29. The van der Waals surface area contributed by atoms with Gasteiger partial charge in [0, 0.05) is 53.3 Å². The molecule has 0 amide bonds. The van der Waals surface area contributed by atoms with Crippen LogP contribution in [0.15, 0.2) is 164 Å². The third kappa shape index (κ3) is 4.20. The Hall–Kier alpha value is -6.10. The molecule has 3 aromatic heterocycles. The summed E-state index contributed by atoms with van der Waals surface area (Å²) >= 11 is 1.83. The second-order valence-corrected chi connectivity index (χ2v) is 13.2. The van der Waals surface area contributed by atoms with Crippen LogP contribution in [0.1, 0.15) is 0 Å². The van der Waals surface area contributed by atoms with Gasteiger partial charge in [0.05, 0.1) is 22.4 Å². The molecule has 0 unspecified atom stereocenters.